The van der Waals surface area contributed by atoms with Crippen molar-refractivity contribution in [1.29, 1.82) is 0 Å². The molecular weight excluding hydrogens is 170 g/mol. The quantitative estimate of drug-likeness (QED) is 0.637. The molecule has 0 unspecified atom stereocenters. The lowest BCUT2D eigenvalue weighted by molar-refractivity contribution is 0.0598. The number of rotatable bonds is 1. The minimum atomic E-state index is -0.435. The van der Waals surface area contributed by atoms with Crippen molar-refractivity contribution in [3.8, 4) is 0 Å². The number of carbonyl (C=O) groups excluding carboxylic acids is 1. The summed E-state index contributed by atoms with van der Waals surface area (Å²) in [6.45, 7) is 3.38. The lowest BCUT2D eigenvalue weighted by Crippen LogP contribution is -2.11. The van der Waals surface area contributed by atoms with Crippen LogP contribution in [0.25, 0.3) is 0 Å². The van der Waals surface area contributed by atoms with E-state index in [0.717, 1.165) is 0 Å². The van der Waals surface area contributed by atoms with E-state index < -0.39 is 5.97 Å². The fraction of sp³-hybridized carbons (Fsp3) is 0.375. The van der Waals surface area contributed by atoms with Crippen LogP contribution in [0.15, 0.2) is 0 Å². The molecule has 1 heterocycles. The van der Waals surface area contributed by atoms with Crippen molar-refractivity contribution in [3.63, 3.8) is 0 Å². The number of anilines is 1. The van der Waals surface area contributed by atoms with E-state index in [1.54, 1.807) is 13.8 Å². The number of esters is 1. The predicted octanol–water partition coefficient (Wildman–Crippen LogP) is 0.462. The molecule has 0 atom stereocenters. The largest absolute Gasteiger partial charge is 0.465 e. The van der Waals surface area contributed by atoms with Crippen molar-refractivity contribution in [2.45, 2.75) is 13.8 Å². The summed E-state index contributed by atoms with van der Waals surface area (Å²) in [6, 6.07) is 0. The molecule has 5 heteroatoms. The van der Waals surface area contributed by atoms with Gasteiger partial charge in [-0.25, -0.2) is 14.8 Å². The third-order valence-electron chi connectivity index (χ3n) is 1.68. The van der Waals surface area contributed by atoms with Crippen molar-refractivity contribution in [3.05, 3.63) is 17.0 Å². The Hall–Kier alpha value is -1.65. The Balaban J connectivity index is 3.28. The van der Waals surface area contributed by atoms with E-state index in [9.17, 15) is 4.79 Å². The minimum absolute atomic E-state index is 0.169. The van der Waals surface area contributed by atoms with Gasteiger partial charge in [0, 0.05) is 0 Å². The topological polar surface area (TPSA) is 78.1 Å². The maximum Gasteiger partial charge on any atom is 0.341 e. The number of nitrogens with two attached hydrogens (primary N) is 1. The lowest BCUT2D eigenvalue weighted by atomic mass is 10.2. The number of nitrogens with zero attached hydrogens (tertiary/aromatic N) is 2. The molecule has 0 spiro atoms. The zero-order chi connectivity index (χ0) is 10.0. The first-order valence-corrected chi connectivity index (χ1v) is 3.75. The molecule has 5 nitrogen and oxygen atoms in total. The Morgan fingerprint density at radius 3 is 2.15 bits per heavy atom. The van der Waals surface area contributed by atoms with Crippen LogP contribution in [0.4, 0.5) is 5.95 Å². The molecule has 0 saturated carbocycles. The van der Waals surface area contributed by atoms with Crippen LogP contribution < -0.4 is 5.73 Å². The zero-order valence-corrected chi connectivity index (χ0v) is 7.79. The molecule has 0 saturated heterocycles. The molecule has 0 radical (unpaired) electrons. The Labute approximate surface area is 75.9 Å². The summed E-state index contributed by atoms with van der Waals surface area (Å²) in [4.78, 5) is 19.0. The summed E-state index contributed by atoms with van der Waals surface area (Å²) in [7, 11) is 1.32. The van der Waals surface area contributed by atoms with Gasteiger partial charge < -0.3 is 10.5 Å². The number of nitrogen functional groups attached to an aromatic ring is 1. The van der Waals surface area contributed by atoms with E-state index in [1.807, 2.05) is 0 Å². The second-order valence-electron chi connectivity index (χ2n) is 2.62. The first kappa shape index (κ1) is 9.44. The fourth-order valence-corrected chi connectivity index (χ4v) is 1.14. The molecule has 1 aromatic heterocycles. The highest BCUT2D eigenvalue weighted by Gasteiger charge is 2.15. The molecule has 0 aliphatic carbocycles. The van der Waals surface area contributed by atoms with Crippen molar-refractivity contribution in [2.75, 3.05) is 12.8 Å². The van der Waals surface area contributed by atoms with Gasteiger partial charge in [0.2, 0.25) is 5.95 Å². The highest BCUT2D eigenvalue weighted by Crippen LogP contribution is 2.11. The van der Waals surface area contributed by atoms with Crippen LogP contribution in [0.5, 0.6) is 0 Å². The normalized spacial score (nSPS) is 9.77. The van der Waals surface area contributed by atoms with Gasteiger partial charge in [0.25, 0.3) is 0 Å². The van der Waals surface area contributed by atoms with Gasteiger partial charge in [-0.3, -0.25) is 0 Å². The van der Waals surface area contributed by atoms with Crippen molar-refractivity contribution in [2.24, 2.45) is 0 Å². The summed E-state index contributed by atoms with van der Waals surface area (Å²) in [5, 5.41) is 0. The maximum absolute atomic E-state index is 11.2. The molecule has 1 rings (SSSR count). The average molecular weight is 181 g/mol. The maximum atomic E-state index is 11.2. The summed E-state index contributed by atoms with van der Waals surface area (Å²) < 4.78 is 4.58. The molecule has 0 aromatic carbocycles. The van der Waals surface area contributed by atoms with Crippen molar-refractivity contribution < 1.29 is 9.53 Å². The second kappa shape index (κ2) is 3.38. The van der Waals surface area contributed by atoms with Gasteiger partial charge in [-0.15, -0.1) is 0 Å². The molecule has 13 heavy (non-hydrogen) atoms. The summed E-state index contributed by atoms with van der Waals surface area (Å²) >= 11 is 0. The van der Waals surface area contributed by atoms with Crippen LogP contribution >= 0.6 is 0 Å². The molecule has 0 fully saturated rings. The van der Waals surface area contributed by atoms with Gasteiger partial charge in [0.15, 0.2) is 0 Å². The number of ether oxygens (including phenoxy) is 1. The van der Waals surface area contributed by atoms with Gasteiger partial charge in [-0.2, -0.15) is 0 Å². The number of aryl methyl sites for hydroxylation is 2. The SMILES string of the molecule is COC(=O)c1c(C)nc(N)nc1C. The number of hydrogen-bond acceptors (Lipinski definition) is 5. The van der Waals surface area contributed by atoms with E-state index in [-0.39, 0.29) is 5.95 Å². The number of carbonyl (C=O) groups is 1. The van der Waals surface area contributed by atoms with Crippen LogP contribution in [0, 0.1) is 13.8 Å². The Morgan fingerprint density at radius 2 is 1.77 bits per heavy atom. The Bertz CT molecular complexity index is 326. The summed E-state index contributed by atoms with van der Waals surface area (Å²) in [5.74, 6) is -0.266. The number of methoxy groups -OCH3 is 1. The zero-order valence-electron chi connectivity index (χ0n) is 7.79. The smallest absolute Gasteiger partial charge is 0.341 e. The third kappa shape index (κ3) is 1.74. The monoisotopic (exact) mass is 181 g/mol. The molecule has 2 N–H and O–H groups in total. The number of hydrogen-bond donors (Lipinski definition) is 1. The summed E-state index contributed by atoms with van der Waals surface area (Å²) in [6.07, 6.45) is 0. The van der Waals surface area contributed by atoms with E-state index in [4.69, 9.17) is 5.73 Å². The fourth-order valence-electron chi connectivity index (χ4n) is 1.14. The standard InChI is InChI=1S/C8H11N3O2/c1-4-6(7(12)13-3)5(2)11-8(9)10-4/h1-3H3,(H2,9,10,11). The first-order valence-electron chi connectivity index (χ1n) is 3.75. The lowest BCUT2D eigenvalue weighted by Gasteiger charge is -2.06. The summed E-state index contributed by atoms with van der Waals surface area (Å²) in [5.41, 5.74) is 6.86. The highest BCUT2D eigenvalue weighted by molar-refractivity contribution is 5.91. The second-order valence-corrected chi connectivity index (χ2v) is 2.62. The Kier molecular flexibility index (Phi) is 2.46. The highest BCUT2D eigenvalue weighted by atomic mass is 16.5. The first-order chi connectivity index (χ1) is 6.06. The van der Waals surface area contributed by atoms with Gasteiger partial charge in [0.05, 0.1) is 18.5 Å². The van der Waals surface area contributed by atoms with Crippen molar-refractivity contribution in [1.82, 2.24) is 9.97 Å². The van der Waals surface area contributed by atoms with E-state index >= 15 is 0 Å². The Morgan fingerprint density at radius 1 is 1.31 bits per heavy atom. The van der Waals surface area contributed by atoms with Gasteiger partial charge in [0.1, 0.15) is 5.56 Å². The average Bonchev–Trinajstić information content (AvgIpc) is 2.02. The van der Waals surface area contributed by atoms with E-state index in [2.05, 4.69) is 14.7 Å². The molecule has 0 aliphatic heterocycles. The molecule has 1 aromatic rings. The van der Waals surface area contributed by atoms with Crippen LogP contribution in [-0.4, -0.2) is 23.0 Å². The van der Waals surface area contributed by atoms with Gasteiger partial charge >= 0.3 is 5.97 Å². The predicted molar refractivity (Wildman–Crippen MR) is 47.3 cm³/mol. The third-order valence-corrected chi connectivity index (χ3v) is 1.68. The molecule has 70 valence electrons. The van der Waals surface area contributed by atoms with Crippen molar-refractivity contribution >= 4 is 11.9 Å². The van der Waals surface area contributed by atoms with Crippen LogP contribution in [0.1, 0.15) is 21.7 Å². The van der Waals surface area contributed by atoms with Crippen LogP contribution in [0.3, 0.4) is 0 Å². The number of aromatic nitrogens is 2. The van der Waals surface area contributed by atoms with Gasteiger partial charge in [-0.05, 0) is 13.8 Å². The molecule has 0 amide bonds. The van der Waals surface area contributed by atoms with E-state index in [1.165, 1.54) is 7.11 Å². The van der Waals surface area contributed by atoms with Crippen LogP contribution in [0.2, 0.25) is 0 Å². The van der Waals surface area contributed by atoms with E-state index in [0.29, 0.717) is 17.0 Å². The van der Waals surface area contributed by atoms with Gasteiger partial charge in [-0.1, -0.05) is 0 Å². The molecule has 0 bridgehead atoms. The minimum Gasteiger partial charge on any atom is -0.465 e. The molecular formula is C8H11N3O2. The molecule has 0 aliphatic rings. The van der Waals surface area contributed by atoms with Crippen LogP contribution in [-0.2, 0) is 4.74 Å².